The minimum atomic E-state index is 0.212. The third-order valence-corrected chi connectivity index (χ3v) is 5.73. The van der Waals surface area contributed by atoms with Crippen molar-refractivity contribution in [2.24, 2.45) is 5.41 Å². The van der Waals surface area contributed by atoms with Crippen LogP contribution in [0, 0.1) is 5.41 Å². The van der Waals surface area contributed by atoms with E-state index in [1.54, 1.807) is 20.3 Å². The van der Waals surface area contributed by atoms with E-state index >= 15 is 0 Å². The first-order valence-corrected chi connectivity index (χ1v) is 9.42. The predicted molar refractivity (Wildman–Crippen MR) is 103 cm³/mol. The largest absolute Gasteiger partial charge is 0.493 e. The van der Waals surface area contributed by atoms with E-state index < -0.39 is 0 Å². The first-order valence-electron chi connectivity index (χ1n) is 9.42. The summed E-state index contributed by atoms with van der Waals surface area (Å²) < 4.78 is 11.0. The molecule has 26 heavy (non-hydrogen) atoms. The summed E-state index contributed by atoms with van der Waals surface area (Å²) in [6.45, 7) is 8.41. The molecule has 1 amide bonds. The molecule has 1 spiro atoms. The van der Waals surface area contributed by atoms with Gasteiger partial charge in [-0.3, -0.25) is 9.69 Å². The average molecular weight is 358 g/mol. The molecule has 2 heterocycles. The lowest BCUT2D eigenvalue weighted by Gasteiger charge is -2.40. The van der Waals surface area contributed by atoms with Gasteiger partial charge in [0.2, 0.25) is 5.91 Å². The van der Waals surface area contributed by atoms with Gasteiger partial charge in [-0.1, -0.05) is 18.2 Å². The van der Waals surface area contributed by atoms with Gasteiger partial charge >= 0.3 is 0 Å². The number of para-hydroxylation sites is 1. The van der Waals surface area contributed by atoms with E-state index in [4.69, 9.17) is 9.47 Å². The van der Waals surface area contributed by atoms with E-state index in [2.05, 4.69) is 17.5 Å². The number of hydrogen-bond acceptors (Lipinski definition) is 4. The van der Waals surface area contributed by atoms with E-state index in [1.165, 1.54) is 12.8 Å². The highest BCUT2D eigenvalue weighted by Gasteiger charge is 2.42. The summed E-state index contributed by atoms with van der Waals surface area (Å²) in [5, 5.41) is 0. The maximum atomic E-state index is 12.2. The second kappa shape index (κ2) is 8.12. The van der Waals surface area contributed by atoms with Gasteiger partial charge in [0, 0.05) is 43.6 Å². The number of rotatable bonds is 6. The molecule has 2 fully saturated rings. The molecule has 2 aliphatic rings. The van der Waals surface area contributed by atoms with Crippen LogP contribution in [0.15, 0.2) is 30.9 Å². The van der Waals surface area contributed by atoms with Crippen LogP contribution in [0.25, 0.3) is 0 Å². The van der Waals surface area contributed by atoms with Crippen molar-refractivity contribution in [3.63, 3.8) is 0 Å². The molecular weight excluding hydrogens is 328 g/mol. The van der Waals surface area contributed by atoms with Gasteiger partial charge in [-0.2, -0.15) is 0 Å². The van der Waals surface area contributed by atoms with Gasteiger partial charge in [0.25, 0.3) is 0 Å². The molecule has 1 aromatic rings. The molecule has 5 heteroatoms. The maximum absolute atomic E-state index is 12.2. The number of likely N-dealkylation sites (tertiary alicyclic amines) is 2. The van der Waals surface area contributed by atoms with E-state index in [0.29, 0.717) is 6.42 Å². The van der Waals surface area contributed by atoms with Crippen molar-refractivity contribution >= 4 is 5.91 Å². The highest BCUT2D eigenvalue weighted by Crippen LogP contribution is 2.40. The quantitative estimate of drug-likeness (QED) is 0.733. The van der Waals surface area contributed by atoms with Crippen molar-refractivity contribution in [1.82, 2.24) is 9.80 Å². The van der Waals surface area contributed by atoms with Crippen LogP contribution in [0.5, 0.6) is 11.5 Å². The highest BCUT2D eigenvalue weighted by molar-refractivity contribution is 5.78. The van der Waals surface area contributed by atoms with Gasteiger partial charge in [0.05, 0.1) is 14.2 Å². The van der Waals surface area contributed by atoms with Crippen molar-refractivity contribution in [1.29, 1.82) is 0 Å². The molecule has 3 rings (SSSR count). The first kappa shape index (κ1) is 18.8. The van der Waals surface area contributed by atoms with Gasteiger partial charge in [-0.25, -0.2) is 0 Å². The number of nitrogens with zero attached hydrogens (tertiary/aromatic N) is 2. The Morgan fingerprint density at radius 2 is 2.08 bits per heavy atom. The topological polar surface area (TPSA) is 42.0 Å². The lowest BCUT2D eigenvalue weighted by atomic mass is 9.79. The predicted octanol–water partition coefficient (Wildman–Crippen LogP) is 3.09. The Bertz CT molecular complexity index is 661. The standard InChI is InChI=1S/C21H30N2O3/c1-4-7-19(24)23-13-11-21(16-23)10-6-12-22(15-21)14-17-8-5-9-18(25-2)20(17)26-3/h4-5,8-9H,1,6-7,10-16H2,2-3H3/t21-/m0/s1. The van der Waals surface area contributed by atoms with Crippen LogP contribution in [-0.4, -0.2) is 56.1 Å². The molecule has 2 aliphatic heterocycles. The van der Waals surface area contributed by atoms with Gasteiger partial charge in [-0.15, -0.1) is 6.58 Å². The molecule has 0 aliphatic carbocycles. The summed E-state index contributed by atoms with van der Waals surface area (Å²) in [4.78, 5) is 16.7. The minimum absolute atomic E-state index is 0.212. The van der Waals surface area contributed by atoms with Crippen LogP contribution in [0.1, 0.15) is 31.2 Å². The van der Waals surface area contributed by atoms with Crippen LogP contribution in [-0.2, 0) is 11.3 Å². The third kappa shape index (κ3) is 3.88. The van der Waals surface area contributed by atoms with Gasteiger partial charge < -0.3 is 14.4 Å². The molecule has 0 unspecified atom stereocenters. The first-order chi connectivity index (χ1) is 12.6. The Balaban J connectivity index is 1.68. The number of ether oxygens (including phenoxy) is 2. The number of piperidine rings is 1. The van der Waals surface area contributed by atoms with Crippen LogP contribution in [0.2, 0.25) is 0 Å². The third-order valence-electron chi connectivity index (χ3n) is 5.73. The Kier molecular flexibility index (Phi) is 5.87. The summed E-state index contributed by atoms with van der Waals surface area (Å²) in [6, 6.07) is 6.05. The Morgan fingerprint density at radius 3 is 2.81 bits per heavy atom. The Labute approximate surface area is 156 Å². The lowest BCUT2D eigenvalue weighted by Crippen LogP contribution is -2.45. The summed E-state index contributed by atoms with van der Waals surface area (Å²) in [6.07, 6.45) is 5.63. The van der Waals surface area contributed by atoms with Crippen molar-refractivity contribution < 1.29 is 14.3 Å². The van der Waals surface area contributed by atoms with Crippen LogP contribution in [0.4, 0.5) is 0 Å². The van der Waals surface area contributed by atoms with Crippen molar-refractivity contribution in [3.8, 4) is 11.5 Å². The fourth-order valence-electron chi connectivity index (χ4n) is 4.50. The summed E-state index contributed by atoms with van der Waals surface area (Å²) in [5.41, 5.74) is 1.39. The van der Waals surface area contributed by atoms with Gasteiger partial charge in [-0.05, 0) is 31.9 Å². The summed E-state index contributed by atoms with van der Waals surface area (Å²) in [7, 11) is 3.37. The molecular formula is C21H30N2O3. The average Bonchev–Trinajstić information content (AvgIpc) is 3.05. The number of benzene rings is 1. The van der Waals surface area contributed by atoms with Crippen LogP contribution in [0.3, 0.4) is 0 Å². The zero-order valence-corrected chi connectivity index (χ0v) is 16.0. The van der Waals surface area contributed by atoms with E-state index in [1.807, 2.05) is 17.0 Å². The van der Waals surface area contributed by atoms with Crippen LogP contribution < -0.4 is 9.47 Å². The lowest BCUT2D eigenvalue weighted by molar-refractivity contribution is -0.129. The monoisotopic (exact) mass is 358 g/mol. The Hall–Kier alpha value is -2.01. The number of methoxy groups -OCH3 is 2. The molecule has 5 nitrogen and oxygen atoms in total. The van der Waals surface area contributed by atoms with Crippen molar-refractivity contribution in [3.05, 3.63) is 36.4 Å². The molecule has 1 atom stereocenters. The number of hydrogen-bond donors (Lipinski definition) is 0. The van der Waals surface area contributed by atoms with E-state index in [0.717, 1.165) is 56.2 Å². The fraction of sp³-hybridized carbons (Fsp3) is 0.571. The normalized spacial score (nSPS) is 23.2. The zero-order valence-electron chi connectivity index (χ0n) is 16.0. The highest BCUT2D eigenvalue weighted by atomic mass is 16.5. The van der Waals surface area contributed by atoms with Crippen LogP contribution >= 0.6 is 0 Å². The molecule has 1 aromatic carbocycles. The number of carbonyl (C=O) groups excluding carboxylic acids is 1. The fourth-order valence-corrected chi connectivity index (χ4v) is 4.50. The van der Waals surface area contributed by atoms with Crippen molar-refractivity contribution in [2.75, 3.05) is 40.4 Å². The smallest absolute Gasteiger partial charge is 0.226 e. The SMILES string of the molecule is C=CCC(=O)N1CC[C@]2(CCCN(Cc3cccc(OC)c3OC)C2)C1. The van der Waals surface area contributed by atoms with Gasteiger partial charge in [0.1, 0.15) is 0 Å². The number of amides is 1. The molecule has 0 bridgehead atoms. The molecule has 0 saturated carbocycles. The second-order valence-corrected chi connectivity index (χ2v) is 7.52. The Morgan fingerprint density at radius 1 is 1.23 bits per heavy atom. The molecule has 142 valence electrons. The summed E-state index contributed by atoms with van der Waals surface area (Å²) >= 11 is 0. The summed E-state index contributed by atoms with van der Waals surface area (Å²) in [5.74, 6) is 1.81. The number of carbonyl (C=O) groups is 1. The molecule has 0 aromatic heterocycles. The second-order valence-electron chi connectivity index (χ2n) is 7.52. The minimum Gasteiger partial charge on any atom is -0.493 e. The van der Waals surface area contributed by atoms with E-state index in [9.17, 15) is 4.79 Å². The van der Waals surface area contributed by atoms with Crippen molar-refractivity contribution in [2.45, 2.75) is 32.2 Å². The molecule has 2 saturated heterocycles. The molecule has 0 N–H and O–H groups in total. The molecule has 0 radical (unpaired) electrons. The van der Waals surface area contributed by atoms with E-state index in [-0.39, 0.29) is 11.3 Å². The van der Waals surface area contributed by atoms with Gasteiger partial charge in [0.15, 0.2) is 11.5 Å². The zero-order chi connectivity index (χ0) is 18.6. The maximum Gasteiger partial charge on any atom is 0.226 e.